The van der Waals surface area contributed by atoms with Crippen molar-refractivity contribution in [1.29, 1.82) is 0 Å². The number of aromatic hydroxyl groups is 1. The van der Waals surface area contributed by atoms with Crippen molar-refractivity contribution in [2.75, 3.05) is 21.3 Å². The number of phenols is 1. The Morgan fingerprint density at radius 2 is 1.71 bits per heavy atom. The molecule has 0 radical (unpaired) electrons. The first kappa shape index (κ1) is 21.1. The van der Waals surface area contributed by atoms with Gasteiger partial charge < -0.3 is 24.4 Å². The normalized spacial score (nSPS) is 19.0. The Bertz CT molecular complexity index is 874. The Balaban J connectivity index is 2.57. The van der Waals surface area contributed by atoms with Gasteiger partial charge in [0.05, 0.1) is 32.8 Å². The fourth-order valence-corrected chi connectivity index (χ4v) is 3.42. The van der Waals surface area contributed by atoms with Crippen molar-refractivity contribution in [3.8, 4) is 5.75 Å². The van der Waals surface area contributed by atoms with Crippen molar-refractivity contribution in [2.45, 2.75) is 13.8 Å². The smallest absolute Gasteiger partial charge is 0.343 e. The molecule has 0 spiro atoms. The summed E-state index contributed by atoms with van der Waals surface area (Å²) in [4.78, 5) is 24.3. The lowest BCUT2D eigenvalue weighted by atomic mass is 9.70. The van der Waals surface area contributed by atoms with Crippen molar-refractivity contribution < 1.29 is 34.0 Å². The summed E-state index contributed by atoms with van der Waals surface area (Å²) >= 11 is 0. The van der Waals surface area contributed by atoms with E-state index in [-0.39, 0.29) is 34.2 Å². The van der Waals surface area contributed by atoms with Gasteiger partial charge in [-0.3, -0.25) is 4.79 Å². The molecule has 150 valence electrons. The summed E-state index contributed by atoms with van der Waals surface area (Å²) in [5, 5.41) is 19.5. The molecule has 0 amide bonds. The monoisotopic (exact) mass is 388 g/mol. The van der Waals surface area contributed by atoms with Crippen LogP contribution in [0.25, 0.3) is 0 Å². The zero-order valence-electron chi connectivity index (χ0n) is 16.5. The third-order valence-electron chi connectivity index (χ3n) is 4.77. The minimum Gasteiger partial charge on any atom is -0.507 e. The molecule has 0 heterocycles. The quantitative estimate of drug-likeness (QED) is 0.546. The maximum Gasteiger partial charge on any atom is 0.343 e. The van der Waals surface area contributed by atoms with Crippen LogP contribution in [-0.2, 0) is 19.0 Å². The first-order chi connectivity index (χ1) is 13.2. The topological polar surface area (TPSA) is 102 Å². The number of methoxy groups -OCH3 is 3. The average Bonchev–Trinajstić information content (AvgIpc) is 2.65. The molecule has 28 heavy (non-hydrogen) atoms. The number of benzene rings is 1. The van der Waals surface area contributed by atoms with E-state index in [1.807, 2.05) is 0 Å². The number of carboxylic acid groups (broad SMARTS) is 1. The number of hydrogen-bond acceptors (Lipinski definition) is 6. The Hall–Kier alpha value is -3.22. The number of ether oxygens (including phenoxy) is 3. The summed E-state index contributed by atoms with van der Waals surface area (Å²) in [5.41, 5.74) is -0.801. The molecule has 2 N–H and O–H groups in total. The molecule has 1 aliphatic carbocycles. The minimum atomic E-state index is -1.20. The molecule has 1 atom stereocenters. The SMILES string of the molecule is COC1=C(OC)C(C=CC(=O)c2ccccc2O)C(C)(C)C(OC)=C1C(=O)O. The zero-order chi connectivity index (χ0) is 21.1. The van der Waals surface area contributed by atoms with Gasteiger partial charge in [0.15, 0.2) is 11.5 Å². The van der Waals surface area contributed by atoms with Gasteiger partial charge in [0.25, 0.3) is 0 Å². The van der Waals surface area contributed by atoms with E-state index in [0.29, 0.717) is 0 Å². The van der Waals surface area contributed by atoms with Gasteiger partial charge >= 0.3 is 5.97 Å². The van der Waals surface area contributed by atoms with E-state index in [9.17, 15) is 19.8 Å². The number of allylic oxidation sites excluding steroid dienone is 3. The van der Waals surface area contributed by atoms with Gasteiger partial charge in [-0.1, -0.05) is 32.1 Å². The highest BCUT2D eigenvalue weighted by Gasteiger charge is 2.47. The molecule has 0 aromatic heterocycles. The zero-order valence-corrected chi connectivity index (χ0v) is 16.5. The molecule has 1 aromatic rings. The number of carboxylic acids is 1. The van der Waals surface area contributed by atoms with Crippen LogP contribution in [0.1, 0.15) is 24.2 Å². The van der Waals surface area contributed by atoms with Crippen molar-refractivity contribution >= 4 is 11.8 Å². The van der Waals surface area contributed by atoms with Crippen molar-refractivity contribution in [3.05, 3.63) is 64.8 Å². The fraction of sp³-hybridized carbons (Fsp3) is 0.333. The summed E-state index contributed by atoms with van der Waals surface area (Å²) in [7, 11) is 4.14. The fourth-order valence-electron chi connectivity index (χ4n) is 3.42. The van der Waals surface area contributed by atoms with E-state index < -0.39 is 23.1 Å². The Labute approximate surface area is 163 Å². The molecule has 0 saturated heterocycles. The molecule has 7 nitrogen and oxygen atoms in total. The van der Waals surface area contributed by atoms with Gasteiger partial charge in [0.2, 0.25) is 0 Å². The number of aliphatic carboxylic acids is 1. The lowest BCUT2D eigenvalue weighted by Crippen LogP contribution is -2.36. The highest BCUT2D eigenvalue weighted by molar-refractivity contribution is 6.06. The number of phenolic OH excluding ortho intramolecular Hbond substituents is 1. The second-order valence-electron chi connectivity index (χ2n) is 6.75. The first-order valence-electron chi connectivity index (χ1n) is 8.55. The highest BCUT2D eigenvalue weighted by atomic mass is 16.5. The van der Waals surface area contributed by atoms with E-state index in [4.69, 9.17) is 14.2 Å². The Kier molecular flexibility index (Phi) is 6.18. The van der Waals surface area contributed by atoms with Gasteiger partial charge in [0, 0.05) is 5.41 Å². The predicted molar refractivity (Wildman–Crippen MR) is 102 cm³/mol. The first-order valence-corrected chi connectivity index (χ1v) is 8.55. The van der Waals surface area contributed by atoms with E-state index in [1.165, 1.54) is 39.5 Å². The number of para-hydroxylation sites is 1. The lowest BCUT2D eigenvalue weighted by Gasteiger charge is -2.39. The van der Waals surface area contributed by atoms with Crippen LogP contribution in [0.3, 0.4) is 0 Å². The van der Waals surface area contributed by atoms with Gasteiger partial charge in [0.1, 0.15) is 22.8 Å². The average molecular weight is 388 g/mol. The summed E-state index contributed by atoms with van der Waals surface area (Å²) in [5.74, 6) is -1.74. The summed E-state index contributed by atoms with van der Waals surface area (Å²) < 4.78 is 16.2. The van der Waals surface area contributed by atoms with Crippen molar-refractivity contribution in [3.63, 3.8) is 0 Å². The van der Waals surface area contributed by atoms with Crippen molar-refractivity contribution in [1.82, 2.24) is 0 Å². The van der Waals surface area contributed by atoms with Crippen LogP contribution in [0.4, 0.5) is 0 Å². The van der Waals surface area contributed by atoms with Crippen LogP contribution in [-0.4, -0.2) is 43.3 Å². The van der Waals surface area contributed by atoms with Crippen LogP contribution < -0.4 is 0 Å². The van der Waals surface area contributed by atoms with Crippen LogP contribution in [0.5, 0.6) is 5.75 Å². The largest absolute Gasteiger partial charge is 0.507 e. The summed E-state index contributed by atoms with van der Waals surface area (Å²) in [6.07, 6.45) is 2.93. The second-order valence-corrected chi connectivity index (χ2v) is 6.75. The minimum absolute atomic E-state index is 0.0378. The van der Waals surface area contributed by atoms with Gasteiger partial charge in [-0.25, -0.2) is 4.79 Å². The number of hydrogen-bond donors (Lipinski definition) is 2. The second kappa shape index (κ2) is 8.21. The number of carbonyl (C=O) groups excluding carboxylic acids is 1. The molecule has 1 aromatic carbocycles. The molecule has 0 fully saturated rings. The van der Waals surface area contributed by atoms with E-state index in [0.717, 1.165) is 0 Å². The van der Waals surface area contributed by atoms with Crippen molar-refractivity contribution in [2.24, 2.45) is 11.3 Å². The summed E-state index contributed by atoms with van der Waals surface area (Å²) in [6, 6.07) is 6.23. The molecule has 0 bridgehead atoms. The van der Waals surface area contributed by atoms with E-state index in [1.54, 1.807) is 32.1 Å². The molecule has 1 unspecified atom stereocenters. The standard InChI is InChI=1S/C21H24O7/c1-21(2)13(10-11-15(23)12-8-6-7-9-14(12)22)17(26-3)18(27-4)16(20(24)25)19(21)28-5/h6-11,13,22H,1-5H3,(H,24,25). The Morgan fingerprint density at radius 1 is 1.07 bits per heavy atom. The maximum atomic E-state index is 12.5. The van der Waals surface area contributed by atoms with Crippen LogP contribution in [0.15, 0.2) is 59.3 Å². The molecule has 0 saturated carbocycles. The van der Waals surface area contributed by atoms with Crippen LogP contribution in [0, 0.1) is 11.3 Å². The lowest BCUT2D eigenvalue weighted by molar-refractivity contribution is -0.133. The van der Waals surface area contributed by atoms with E-state index in [2.05, 4.69) is 0 Å². The summed E-state index contributed by atoms with van der Waals surface area (Å²) in [6.45, 7) is 3.58. The molecular weight excluding hydrogens is 364 g/mol. The Morgan fingerprint density at radius 3 is 2.21 bits per heavy atom. The number of ketones is 1. The third-order valence-corrected chi connectivity index (χ3v) is 4.77. The predicted octanol–water partition coefficient (Wildman–Crippen LogP) is 3.28. The third kappa shape index (κ3) is 3.60. The van der Waals surface area contributed by atoms with Gasteiger partial charge in [-0.2, -0.15) is 0 Å². The van der Waals surface area contributed by atoms with E-state index >= 15 is 0 Å². The molecule has 7 heteroatoms. The number of carbonyl (C=O) groups is 2. The van der Waals surface area contributed by atoms with Gasteiger partial charge in [-0.15, -0.1) is 0 Å². The van der Waals surface area contributed by atoms with Crippen LogP contribution in [0.2, 0.25) is 0 Å². The molecule has 1 aliphatic rings. The highest BCUT2D eigenvalue weighted by Crippen LogP contribution is 2.48. The van der Waals surface area contributed by atoms with Crippen LogP contribution >= 0.6 is 0 Å². The number of rotatable bonds is 7. The maximum absolute atomic E-state index is 12.5. The molecule has 2 rings (SSSR count). The van der Waals surface area contributed by atoms with Gasteiger partial charge in [-0.05, 0) is 18.2 Å². The molecular formula is C21H24O7. The molecule has 0 aliphatic heterocycles.